The van der Waals surface area contributed by atoms with Gasteiger partial charge in [-0.1, -0.05) is 0 Å². The van der Waals surface area contributed by atoms with Crippen LogP contribution in [0.5, 0.6) is 0 Å². The third-order valence-electron chi connectivity index (χ3n) is 0.463. The van der Waals surface area contributed by atoms with Crippen LogP contribution in [0.3, 0.4) is 0 Å². The third-order valence-corrected chi connectivity index (χ3v) is 0.463. The monoisotopic (exact) mass is 150 g/mol. The molecule has 4 heteroatoms. The molecule has 0 radical (unpaired) electrons. The van der Waals surface area contributed by atoms with Crippen LogP contribution in [0.4, 0.5) is 0 Å². The maximum atomic E-state index is 10.1. The lowest BCUT2D eigenvalue weighted by molar-refractivity contribution is -0.137. The Balaban J connectivity index is 0. The van der Waals surface area contributed by atoms with Gasteiger partial charge in [-0.25, -0.2) is 9.59 Å². The van der Waals surface area contributed by atoms with E-state index in [9.17, 15) is 9.59 Å². The molecule has 0 rings (SSSR count). The maximum absolute atomic E-state index is 10.1. The Labute approximate surface area is 59.1 Å². The van der Waals surface area contributed by atoms with Crippen molar-refractivity contribution in [1.82, 2.24) is 0 Å². The molecule has 0 fully saturated rings. The molecule has 0 heterocycles. The van der Waals surface area contributed by atoms with Crippen molar-refractivity contribution in [1.29, 1.82) is 0 Å². The normalized spacial score (nSPS) is 6.33. The van der Waals surface area contributed by atoms with Crippen molar-refractivity contribution >= 4 is 24.3 Å². The second-order valence-corrected chi connectivity index (χ2v) is 1.01. The van der Waals surface area contributed by atoms with Gasteiger partial charge in [0.2, 0.25) is 0 Å². The van der Waals surface area contributed by atoms with E-state index in [4.69, 9.17) is 0 Å². The van der Waals surface area contributed by atoms with Crippen molar-refractivity contribution in [2.24, 2.45) is 0 Å². The topological polar surface area (TPSA) is 43.4 Å². The molecular weight excluding hydrogens is 144 g/mol. The summed E-state index contributed by atoms with van der Waals surface area (Å²) in [5.41, 5.74) is 0. The predicted molar refractivity (Wildman–Crippen MR) is 34.1 cm³/mol. The average Bonchev–Trinajstić information content (AvgIpc) is 1.68. The van der Waals surface area contributed by atoms with Crippen molar-refractivity contribution in [3.8, 4) is 0 Å². The predicted octanol–water partition coefficient (Wildman–Crippen LogP) is 0.359. The van der Waals surface area contributed by atoms with Gasteiger partial charge in [0, 0.05) is 0 Å². The van der Waals surface area contributed by atoms with Crippen LogP contribution >= 0.6 is 12.4 Å². The molecule has 9 heavy (non-hydrogen) atoms. The van der Waals surface area contributed by atoms with E-state index in [0.717, 1.165) is 0 Å². The van der Waals surface area contributed by atoms with Gasteiger partial charge < -0.3 is 4.74 Å². The van der Waals surface area contributed by atoms with Crippen molar-refractivity contribution in [3.63, 3.8) is 0 Å². The van der Waals surface area contributed by atoms with Crippen LogP contribution in [0.2, 0.25) is 0 Å². The zero-order valence-electron chi connectivity index (χ0n) is 4.92. The Morgan fingerprint density at radius 3 is 2.67 bits per heavy atom. The van der Waals surface area contributed by atoms with E-state index in [0.29, 0.717) is 6.08 Å². The first-order valence-electron chi connectivity index (χ1n) is 2.19. The lowest BCUT2D eigenvalue weighted by Crippen LogP contribution is -1.98. The lowest BCUT2D eigenvalue weighted by Gasteiger charge is -1.89. The highest BCUT2D eigenvalue weighted by Gasteiger charge is 1.90. The van der Waals surface area contributed by atoms with Gasteiger partial charge in [-0.15, -0.1) is 12.4 Å². The number of carbonyl (C=O) groups excluding carboxylic acids is 2. The van der Waals surface area contributed by atoms with Gasteiger partial charge >= 0.3 is 5.97 Å². The molecule has 0 saturated carbocycles. The number of rotatable bonds is 2. The van der Waals surface area contributed by atoms with Crippen LogP contribution in [-0.2, 0) is 14.3 Å². The van der Waals surface area contributed by atoms with Gasteiger partial charge in [-0.05, 0) is 6.92 Å². The first-order valence-corrected chi connectivity index (χ1v) is 2.19. The zero-order valence-corrected chi connectivity index (χ0v) is 5.73. The number of hydrogen-bond acceptors (Lipinski definition) is 3. The number of halogens is 1. The molecule has 0 unspecified atom stereocenters. The molecule has 0 aliphatic heterocycles. The molecule has 0 aromatic carbocycles. The zero-order chi connectivity index (χ0) is 6.41. The summed E-state index contributed by atoms with van der Waals surface area (Å²) in [7, 11) is 0. The molecule has 3 nitrogen and oxygen atoms in total. The third kappa shape index (κ3) is 7.21. The summed E-state index contributed by atoms with van der Waals surface area (Å²) in [4.78, 5) is 19.5. The highest BCUT2D eigenvalue weighted by atomic mass is 35.5. The fraction of sp³-hybridized carbons (Fsp3) is 0.400. The van der Waals surface area contributed by atoms with E-state index in [-0.39, 0.29) is 19.0 Å². The summed E-state index contributed by atoms with van der Waals surface area (Å²) in [6, 6.07) is 0. The van der Waals surface area contributed by atoms with Gasteiger partial charge in [0.05, 0.1) is 6.61 Å². The first-order chi connectivity index (χ1) is 3.81. The molecule has 0 saturated heterocycles. The molecule has 0 aromatic rings. The highest BCUT2D eigenvalue weighted by Crippen LogP contribution is 1.73. The minimum Gasteiger partial charge on any atom is -0.462 e. The molecule has 0 aromatic heterocycles. The quantitative estimate of drug-likeness (QED) is 0.324. The Morgan fingerprint density at radius 2 is 2.33 bits per heavy atom. The van der Waals surface area contributed by atoms with Crippen LogP contribution in [-0.4, -0.2) is 18.5 Å². The van der Waals surface area contributed by atoms with Crippen LogP contribution in [0.15, 0.2) is 6.08 Å². The highest BCUT2D eigenvalue weighted by molar-refractivity contribution is 5.89. The SMILES string of the molecule is CCOC(=O)C=C=O.Cl. The van der Waals surface area contributed by atoms with Gasteiger partial charge in [0.1, 0.15) is 12.0 Å². The molecule has 0 atom stereocenters. The van der Waals surface area contributed by atoms with E-state index < -0.39 is 5.97 Å². The average molecular weight is 151 g/mol. The first kappa shape index (κ1) is 11.1. The van der Waals surface area contributed by atoms with Crippen molar-refractivity contribution in [2.45, 2.75) is 6.92 Å². The van der Waals surface area contributed by atoms with E-state index in [1.807, 2.05) is 0 Å². The minimum absolute atomic E-state index is 0. The minimum atomic E-state index is -0.637. The maximum Gasteiger partial charge on any atom is 0.341 e. The molecule has 0 bridgehead atoms. The summed E-state index contributed by atoms with van der Waals surface area (Å²) in [5.74, 6) is 0.666. The Morgan fingerprint density at radius 1 is 1.78 bits per heavy atom. The molecule has 0 aliphatic carbocycles. The molecule has 52 valence electrons. The number of hydrogen-bond donors (Lipinski definition) is 0. The summed E-state index contributed by atoms with van der Waals surface area (Å²) < 4.78 is 4.33. The van der Waals surface area contributed by atoms with Crippen molar-refractivity contribution in [3.05, 3.63) is 6.08 Å². The van der Waals surface area contributed by atoms with E-state index >= 15 is 0 Å². The van der Waals surface area contributed by atoms with E-state index in [2.05, 4.69) is 4.74 Å². The number of carbonyl (C=O) groups is 1. The second-order valence-electron chi connectivity index (χ2n) is 1.01. The van der Waals surface area contributed by atoms with Gasteiger partial charge in [0.15, 0.2) is 0 Å². The fourth-order valence-electron chi connectivity index (χ4n) is 0.232. The Kier molecular flexibility index (Phi) is 8.87. The van der Waals surface area contributed by atoms with Crippen molar-refractivity contribution < 1.29 is 14.3 Å². The standard InChI is InChI=1S/C5H6O3.ClH/c1-2-8-5(7)3-4-6;/h3H,2H2,1H3;1H. The summed E-state index contributed by atoms with van der Waals surface area (Å²) in [6.07, 6.45) is 0.712. The van der Waals surface area contributed by atoms with E-state index in [1.54, 1.807) is 6.92 Å². The molecule has 0 N–H and O–H groups in total. The smallest absolute Gasteiger partial charge is 0.341 e. The largest absolute Gasteiger partial charge is 0.462 e. The molecular formula is C5H7ClO3. The number of ether oxygens (including phenoxy) is 1. The molecule has 0 amide bonds. The number of esters is 1. The summed E-state index contributed by atoms with van der Waals surface area (Å²) in [6.45, 7) is 1.95. The summed E-state index contributed by atoms with van der Waals surface area (Å²) >= 11 is 0. The van der Waals surface area contributed by atoms with Crippen LogP contribution < -0.4 is 0 Å². The molecule has 0 spiro atoms. The lowest BCUT2D eigenvalue weighted by atomic mass is 10.6. The van der Waals surface area contributed by atoms with Crippen LogP contribution in [0, 0.1) is 0 Å². The Hall–Kier alpha value is -0.790. The Bertz CT molecular complexity index is 126. The van der Waals surface area contributed by atoms with Crippen LogP contribution in [0.1, 0.15) is 6.92 Å². The second kappa shape index (κ2) is 7.21. The van der Waals surface area contributed by atoms with Gasteiger partial charge in [0.25, 0.3) is 0 Å². The summed E-state index contributed by atoms with van der Waals surface area (Å²) in [5, 5.41) is 0. The van der Waals surface area contributed by atoms with Gasteiger partial charge in [-0.3, -0.25) is 0 Å². The van der Waals surface area contributed by atoms with Gasteiger partial charge in [-0.2, -0.15) is 0 Å². The van der Waals surface area contributed by atoms with E-state index in [1.165, 1.54) is 5.94 Å². The van der Waals surface area contributed by atoms with Crippen LogP contribution in [0.25, 0.3) is 0 Å². The molecule has 0 aliphatic rings. The fourth-order valence-corrected chi connectivity index (χ4v) is 0.232. The van der Waals surface area contributed by atoms with Crippen molar-refractivity contribution in [2.75, 3.05) is 6.61 Å².